The molecule has 176 valence electrons. The number of hydrogen-bond acceptors (Lipinski definition) is 4. The van der Waals surface area contributed by atoms with Gasteiger partial charge in [0.1, 0.15) is 25.1 Å². The van der Waals surface area contributed by atoms with Crippen LogP contribution in [0.4, 0.5) is 4.39 Å². The first kappa shape index (κ1) is 23.1. The SMILES string of the molecule is C[C@@H](C(=O)NC1CCCC1)N(Cc1ccccc1F)C(=O)CCc1ccc2c(c1)OCCO2. The maximum absolute atomic E-state index is 14.4. The van der Waals surface area contributed by atoms with E-state index >= 15 is 0 Å². The fourth-order valence-electron chi connectivity index (χ4n) is 4.42. The molecule has 1 fully saturated rings. The molecule has 2 aromatic carbocycles. The van der Waals surface area contributed by atoms with E-state index in [4.69, 9.17) is 9.47 Å². The lowest BCUT2D eigenvalue weighted by atomic mass is 10.1. The van der Waals surface area contributed by atoms with Crippen LogP contribution in [0.3, 0.4) is 0 Å². The summed E-state index contributed by atoms with van der Waals surface area (Å²) < 4.78 is 25.5. The summed E-state index contributed by atoms with van der Waals surface area (Å²) in [7, 11) is 0. The number of nitrogens with one attached hydrogen (secondary N) is 1. The molecule has 0 radical (unpaired) electrons. The maximum Gasteiger partial charge on any atom is 0.242 e. The highest BCUT2D eigenvalue weighted by atomic mass is 19.1. The van der Waals surface area contributed by atoms with Crippen LogP contribution in [0.5, 0.6) is 11.5 Å². The van der Waals surface area contributed by atoms with Gasteiger partial charge in [0.05, 0.1) is 0 Å². The molecule has 4 rings (SSSR count). The van der Waals surface area contributed by atoms with Crippen molar-refractivity contribution in [2.75, 3.05) is 13.2 Å². The summed E-state index contributed by atoms with van der Waals surface area (Å²) >= 11 is 0. The summed E-state index contributed by atoms with van der Waals surface area (Å²) in [4.78, 5) is 27.7. The Morgan fingerprint density at radius 3 is 2.58 bits per heavy atom. The minimum atomic E-state index is -0.696. The van der Waals surface area contributed by atoms with Crippen LogP contribution in [-0.2, 0) is 22.6 Å². The van der Waals surface area contributed by atoms with Crippen molar-refractivity contribution in [2.45, 2.75) is 64.1 Å². The van der Waals surface area contributed by atoms with Gasteiger partial charge < -0.3 is 19.7 Å². The van der Waals surface area contributed by atoms with Gasteiger partial charge in [0.15, 0.2) is 11.5 Å². The summed E-state index contributed by atoms with van der Waals surface area (Å²) in [5.41, 5.74) is 1.34. The topological polar surface area (TPSA) is 67.9 Å². The van der Waals surface area contributed by atoms with Crippen LogP contribution in [0.2, 0.25) is 0 Å². The molecule has 0 aromatic heterocycles. The average Bonchev–Trinajstić information content (AvgIpc) is 3.34. The van der Waals surface area contributed by atoms with Gasteiger partial charge in [-0.25, -0.2) is 4.39 Å². The lowest BCUT2D eigenvalue weighted by Crippen LogP contribution is -2.49. The van der Waals surface area contributed by atoms with Crippen LogP contribution in [0.1, 0.15) is 50.2 Å². The first-order chi connectivity index (χ1) is 16.0. The van der Waals surface area contributed by atoms with Gasteiger partial charge in [-0.3, -0.25) is 9.59 Å². The summed E-state index contributed by atoms with van der Waals surface area (Å²) in [6.45, 7) is 2.79. The van der Waals surface area contributed by atoms with Crippen LogP contribution in [0.15, 0.2) is 42.5 Å². The molecule has 2 aromatic rings. The number of rotatable bonds is 8. The number of aryl methyl sites for hydroxylation is 1. The Hall–Kier alpha value is -3.09. The van der Waals surface area contributed by atoms with Crippen LogP contribution < -0.4 is 14.8 Å². The lowest BCUT2D eigenvalue weighted by Gasteiger charge is -2.30. The standard InChI is InChI=1S/C26H31FN2O4/c1-18(26(31)28-21-7-3-4-8-21)29(17-20-6-2-5-9-22(20)27)25(30)13-11-19-10-12-23-24(16-19)33-15-14-32-23/h2,5-6,9-10,12,16,18,21H,3-4,7-8,11,13-15,17H2,1H3,(H,28,31)/t18-/m0/s1. The number of fused-ring (bicyclic) bond motifs is 1. The van der Waals surface area contributed by atoms with Gasteiger partial charge in [-0.1, -0.05) is 37.1 Å². The van der Waals surface area contributed by atoms with E-state index in [9.17, 15) is 14.0 Å². The molecule has 2 aliphatic rings. The van der Waals surface area contributed by atoms with Crippen molar-refractivity contribution in [1.29, 1.82) is 0 Å². The Balaban J connectivity index is 1.46. The summed E-state index contributed by atoms with van der Waals surface area (Å²) in [5, 5.41) is 3.07. The van der Waals surface area contributed by atoms with Crippen molar-refractivity contribution >= 4 is 11.8 Å². The van der Waals surface area contributed by atoms with E-state index in [1.165, 1.54) is 11.0 Å². The third-order valence-electron chi connectivity index (χ3n) is 6.40. The van der Waals surface area contributed by atoms with Crippen molar-refractivity contribution in [1.82, 2.24) is 10.2 Å². The molecule has 6 nitrogen and oxygen atoms in total. The maximum atomic E-state index is 14.4. The Kier molecular flexibility index (Phi) is 7.47. The molecule has 0 bridgehead atoms. The minimum absolute atomic E-state index is 0.0475. The van der Waals surface area contributed by atoms with Crippen LogP contribution in [0.25, 0.3) is 0 Å². The van der Waals surface area contributed by atoms with Crippen molar-refractivity contribution in [3.8, 4) is 11.5 Å². The predicted molar refractivity (Wildman–Crippen MR) is 123 cm³/mol. The Morgan fingerprint density at radius 1 is 1.09 bits per heavy atom. The molecule has 1 aliphatic heterocycles. The molecule has 1 heterocycles. The zero-order chi connectivity index (χ0) is 23.2. The second kappa shape index (κ2) is 10.7. The Labute approximate surface area is 194 Å². The van der Waals surface area contributed by atoms with E-state index in [1.54, 1.807) is 25.1 Å². The van der Waals surface area contributed by atoms with E-state index < -0.39 is 6.04 Å². The zero-order valence-electron chi connectivity index (χ0n) is 19.0. The van der Waals surface area contributed by atoms with Gasteiger partial charge in [-0.15, -0.1) is 0 Å². The van der Waals surface area contributed by atoms with E-state index in [-0.39, 0.29) is 36.6 Å². The number of amides is 2. The van der Waals surface area contributed by atoms with Gasteiger partial charge in [0.25, 0.3) is 0 Å². The molecule has 1 saturated carbocycles. The molecule has 0 spiro atoms. The summed E-state index contributed by atoms with van der Waals surface area (Å²) in [6, 6.07) is 11.5. The molecule has 1 aliphatic carbocycles. The van der Waals surface area contributed by atoms with Gasteiger partial charge in [-0.2, -0.15) is 0 Å². The number of halogens is 1. The molecular weight excluding hydrogens is 423 g/mol. The molecule has 7 heteroatoms. The third kappa shape index (κ3) is 5.83. The van der Waals surface area contributed by atoms with Crippen molar-refractivity contribution in [2.24, 2.45) is 0 Å². The monoisotopic (exact) mass is 454 g/mol. The van der Waals surface area contributed by atoms with E-state index in [0.717, 1.165) is 31.2 Å². The number of nitrogens with zero attached hydrogens (tertiary/aromatic N) is 1. The molecule has 1 N–H and O–H groups in total. The quantitative estimate of drug-likeness (QED) is 0.655. The van der Waals surface area contributed by atoms with Gasteiger partial charge in [-0.05, 0) is 49.9 Å². The van der Waals surface area contributed by atoms with Crippen LogP contribution in [-0.4, -0.2) is 42.0 Å². The van der Waals surface area contributed by atoms with E-state index in [0.29, 0.717) is 36.7 Å². The number of benzene rings is 2. The average molecular weight is 455 g/mol. The number of ether oxygens (including phenoxy) is 2. The Morgan fingerprint density at radius 2 is 1.82 bits per heavy atom. The fourth-order valence-corrected chi connectivity index (χ4v) is 4.42. The van der Waals surface area contributed by atoms with Gasteiger partial charge >= 0.3 is 0 Å². The first-order valence-electron chi connectivity index (χ1n) is 11.7. The number of carbonyl (C=O) groups is 2. The largest absolute Gasteiger partial charge is 0.486 e. The van der Waals surface area contributed by atoms with Gasteiger partial charge in [0, 0.05) is 24.6 Å². The molecule has 33 heavy (non-hydrogen) atoms. The smallest absolute Gasteiger partial charge is 0.242 e. The third-order valence-corrected chi connectivity index (χ3v) is 6.40. The second-order valence-electron chi connectivity index (χ2n) is 8.76. The molecule has 2 amide bonds. The first-order valence-corrected chi connectivity index (χ1v) is 11.7. The van der Waals surface area contributed by atoms with Crippen molar-refractivity contribution in [3.63, 3.8) is 0 Å². The van der Waals surface area contributed by atoms with Gasteiger partial charge in [0.2, 0.25) is 11.8 Å². The normalized spacial score (nSPS) is 16.3. The molecule has 1 atom stereocenters. The second-order valence-corrected chi connectivity index (χ2v) is 8.76. The summed E-state index contributed by atoms with van der Waals surface area (Å²) in [6.07, 6.45) is 4.82. The van der Waals surface area contributed by atoms with Crippen LogP contribution in [0, 0.1) is 5.82 Å². The van der Waals surface area contributed by atoms with Crippen molar-refractivity contribution < 1.29 is 23.5 Å². The fraction of sp³-hybridized carbons (Fsp3) is 0.462. The van der Waals surface area contributed by atoms with Crippen LogP contribution >= 0.6 is 0 Å². The molecular formula is C26H31FN2O4. The highest BCUT2D eigenvalue weighted by Crippen LogP contribution is 2.31. The minimum Gasteiger partial charge on any atom is -0.486 e. The lowest BCUT2D eigenvalue weighted by molar-refractivity contribution is -0.140. The highest BCUT2D eigenvalue weighted by molar-refractivity contribution is 5.87. The molecule has 0 unspecified atom stereocenters. The Bertz CT molecular complexity index is 990. The van der Waals surface area contributed by atoms with Crippen molar-refractivity contribution in [3.05, 3.63) is 59.4 Å². The predicted octanol–water partition coefficient (Wildman–Crippen LogP) is 4.01. The highest BCUT2D eigenvalue weighted by Gasteiger charge is 2.29. The molecule has 0 saturated heterocycles. The number of carbonyl (C=O) groups excluding carboxylic acids is 2. The van der Waals surface area contributed by atoms with E-state index in [2.05, 4.69) is 5.32 Å². The summed E-state index contributed by atoms with van der Waals surface area (Å²) in [5.74, 6) is 0.618. The zero-order valence-corrected chi connectivity index (χ0v) is 19.0. The number of hydrogen-bond donors (Lipinski definition) is 1. The van der Waals surface area contributed by atoms with E-state index in [1.807, 2.05) is 18.2 Å².